The number of hydrogen-bond donors (Lipinski definition) is 0. The molecule has 2 saturated carbocycles. The molecule has 2 heteroatoms. The fourth-order valence-electron chi connectivity index (χ4n) is 3.83. The largest absolute Gasteiger partial charge is 1.00 e. The summed E-state index contributed by atoms with van der Waals surface area (Å²) in [6.07, 6.45) is 17.6. The monoisotopic (exact) mass is 245 g/mol. The van der Waals surface area contributed by atoms with Crippen molar-refractivity contribution in [3.8, 4) is 0 Å². The molecule has 0 aromatic heterocycles. The smallest absolute Gasteiger partial charge is 1.00 e. The minimum Gasteiger partial charge on any atom is -1.00 e. The molecule has 0 aromatic carbocycles. The van der Waals surface area contributed by atoms with Gasteiger partial charge < -0.3 is 1.43 Å². The van der Waals surface area contributed by atoms with Gasteiger partial charge in [0.2, 0.25) is 0 Å². The normalized spacial score (nSPS) is 23.0. The Morgan fingerprint density at radius 2 is 1.28 bits per heavy atom. The van der Waals surface area contributed by atoms with Crippen LogP contribution in [0.15, 0.2) is 0 Å². The molecule has 2 aliphatic rings. The van der Waals surface area contributed by atoms with Crippen LogP contribution in [0.5, 0.6) is 0 Å². The SMILES string of the molecule is CCCCN(C1CCCCC1)C1CCCCC1.[H-].[Li+]. The van der Waals surface area contributed by atoms with E-state index in [9.17, 15) is 0 Å². The number of hydrogen-bond acceptors (Lipinski definition) is 1. The van der Waals surface area contributed by atoms with Crippen LogP contribution in [0.4, 0.5) is 0 Å². The van der Waals surface area contributed by atoms with E-state index in [1.54, 1.807) is 0 Å². The van der Waals surface area contributed by atoms with Gasteiger partial charge >= 0.3 is 18.9 Å². The van der Waals surface area contributed by atoms with Crippen molar-refractivity contribution < 1.29 is 20.3 Å². The Morgan fingerprint density at radius 3 is 1.67 bits per heavy atom. The van der Waals surface area contributed by atoms with Gasteiger partial charge in [-0.3, -0.25) is 4.90 Å². The van der Waals surface area contributed by atoms with Crippen molar-refractivity contribution in [1.29, 1.82) is 0 Å². The van der Waals surface area contributed by atoms with Crippen molar-refractivity contribution in [2.24, 2.45) is 0 Å². The molecule has 0 amide bonds. The summed E-state index contributed by atoms with van der Waals surface area (Å²) >= 11 is 0. The molecule has 0 spiro atoms. The topological polar surface area (TPSA) is 3.24 Å². The first-order chi connectivity index (χ1) is 8.42. The zero-order valence-electron chi connectivity index (χ0n) is 13.8. The van der Waals surface area contributed by atoms with E-state index in [0.29, 0.717) is 0 Å². The zero-order chi connectivity index (χ0) is 11.9. The van der Waals surface area contributed by atoms with E-state index in [1.165, 1.54) is 83.6 Å². The van der Waals surface area contributed by atoms with Crippen molar-refractivity contribution in [1.82, 2.24) is 4.90 Å². The molecule has 102 valence electrons. The molecule has 2 aliphatic carbocycles. The maximum Gasteiger partial charge on any atom is 1.00 e. The van der Waals surface area contributed by atoms with Crippen LogP contribution in [0.25, 0.3) is 0 Å². The van der Waals surface area contributed by atoms with Crippen molar-refractivity contribution in [3.05, 3.63) is 0 Å². The fourth-order valence-corrected chi connectivity index (χ4v) is 3.83. The molecule has 0 aliphatic heterocycles. The molecule has 18 heavy (non-hydrogen) atoms. The minimum atomic E-state index is 0. The molecule has 0 radical (unpaired) electrons. The van der Waals surface area contributed by atoms with Gasteiger partial charge in [-0.05, 0) is 38.6 Å². The van der Waals surface area contributed by atoms with Crippen LogP contribution in [0.3, 0.4) is 0 Å². The van der Waals surface area contributed by atoms with Crippen LogP contribution in [0.2, 0.25) is 0 Å². The number of rotatable bonds is 5. The fraction of sp³-hybridized carbons (Fsp3) is 1.00. The maximum atomic E-state index is 2.93. The zero-order valence-corrected chi connectivity index (χ0v) is 12.8. The van der Waals surface area contributed by atoms with Gasteiger partial charge in [-0.1, -0.05) is 51.9 Å². The molecule has 2 rings (SSSR count). The van der Waals surface area contributed by atoms with Gasteiger partial charge in [-0.15, -0.1) is 0 Å². The van der Waals surface area contributed by atoms with Crippen molar-refractivity contribution in [3.63, 3.8) is 0 Å². The Bertz CT molecular complexity index is 183. The van der Waals surface area contributed by atoms with Crippen LogP contribution in [-0.4, -0.2) is 23.5 Å². The number of unbranched alkanes of at least 4 members (excludes halogenated alkanes) is 1. The summed E-state index contributed by atoms with van der Waals surface area (Å²) < 4.78 is 0. The second-order valence-electron chi connectivity index (χ2n) is 6.18. The van der Waals surface area contributed by atoms with E-state index < -0.39 is 0 Å². The van der Waals surface area contributed by atoms with Crippen LogP contribution >= 0.6 is 0 Å². The number of nitrogens with zero attached hydrogens (tertiary/aromatic N) is 1. The molecule has 0 heterocycles. The second-order valence-corrected chi connectivity index (χ2v) is 6.18. The molecule has 0 aromatic rings. The second kappa shape index (κ2) is 9.46. The quantitative estimate of drug-likeness (QED) is 0.668. The van der Waals surface area contributed by atoms with E-state index in [4.69, 9.17) is 0 Å². The van der Waals surface area contributed by atoms with Crippen molar-refractivity contribution in [2.45, 2.75) is 96.1 Å². The first kappa shape index (κ1) is 16.6. The first-order valence-corrected chi connectivity index (χ1v) is 8.17. The molecule has 0 unspecified atom stereocenters. The third-order valence-corrected chi connectivity index (χ3v) is 4.86. The Balaban J connectivity index is 0.00000162. The van der Waals surface area contributed by atoms with Gasteiger partial charge in [0, 0.05) is 12.1 Å². The van der Waals surface area contributed by atoms with Gasteiger partial charge in [0.05, 0.1) is 0 Å². The predicted molar refractivity (Wildman–Crippen MR) is 76.5 cm³/mol. The Hall–Kier alpha value is 0.557. The third kappa shape index (κ3) is 4.91. The van der Waals surface area contributed by atoms with Gasteiger partial charge in [0.1, 0.15) is 0 Å². The minimum absolute atomic E-state index is 0. The Labute approximate surface area is 128 Å². The van der Waals surface area contributed by atoms with Crippen LogP contribution in [-0.2, 0) is 0 Å². The van der Waals surface area contributed by atoms with Gasteiger partial charge in [-0.2, -0.15) is 0 Å². The molecule has 0 bridgehead atoms. The van der Waals surface area contributed by atoms with E-state index in [-0.39, 0.29) is 20.3 Å². The molecular weight excluding hydrogens is 213 g/mol. The summed E-state index contributed by atoms with van der Waals surface area (Å²) in [5.41, 5.74) is 0. The van der Waals surface area contributed by atoms with Crippen molar-refractivity contribution >= 4 is 0 Å². The summed E-state index contributed by atoms with van der Waals surface area (Å²) in [7, 11) is 0. The van der Waals surface area contributed by atoms with Crippen LogP contribution in [0.1, 0.15) is 85.4 Å². The molecule has 0 saturated heterocycles. The summed E-state index contributed by atoms with van der Waals surface area (Å²) in [6, 6.07) is 1.89. The third-order valence-electron chi connectivity index (χ3n) is 4.86. The van der Waals surface area contributed by atoms with E-state index in [0.717, 1.165) is 12.1 Å². The van der Waals surface area contributed by atoms with Crippen LogP contribution < -0.4 is 18.9 Å². The molecule has 0 N–H and O–H groups in total. The Morgan fingerprint density at radius 1 is 0.833 bits per heavy atom. The summed E-state index contributed by atoms with van der Waals surface area (Å²) in [5, 5.41) is 0. The average Bonchev–Trinajstić information content (AvgIpc) is 2.42. The van der Waals surface area contributed by atoms with Gasteiger partial charge in [0.15, 0.2) is 0 Å². The molecule has 2 fully saturated rings. The van der Waals surface area contributed by atoms with E-state index in [2.05, 4.69) is 11.8 Å². The van der Waals surface area contributed by atoms with E-state index >= 15 is 0 Å². The van der Waals surface area contributed by atoms with E-state index in [1.807, 2.05) is 0 Å². The Kier molecular flexibility index (Phi) is 8.73. The standard InChI is InChI=1S/C16H31N.Li.H/c1-2-3-14-17(15-10-6-4-7-11-15)16-12-8-5-9-13-16;;/h15-16H,2-14H2,1H3;;/q;+1;-1. The predicted octanol–water partition coefficient (Wildman–Crippen LogP) is 1.87. The summed E-state index contributed by atoms with van der Waals surface area (Å²) in [5.74, 6) is 0. The molecule has 0 atom stereocenters. The first-order valence-electron chi connectivity index (χ1n) is 8.17. The summed E-state index contributed by atoms with van der Waals surface area (Å²) in [6.45, 7) is 3.71. The maximum absolute atomic E-state index is 2.93. The molecular formula is C16H32LiN. The van der Waals surface area contributed by atoms with Gasteiger partial charge in [-0.25, -0.2) is 0 Å². The van der Waals surface area contributed by atoms with Crippen molar-refractivity contribution in [2.75, 3.05) is 6.54 Å². The molecule has 1 nitrogen and oxygen atoms in total. The average molecular weight is 245 g/mol. The van der Waals surface area contributed by atoms with Gasteiger partial charge in [0.25, 0.3) is 0 Å². The summed E-state index contributed by atoms with van der Waals surface area (Å²) in [4.78, 5) is 2.93. The van der Waals surface area contributed by atoms with Crippen LogP contribution in [0, 0.1) is 0 Å².